The van der Waals surface area contributed by atoms with Crippen LogP contribution >= 0.6 is 11.3 Å². The largest absolute Gasteiger partial charge is 0.478 e. The maximum absolute atomic E-state index is 12.3. The van der Waals surface area contributed by atoms with Crippen LogP contribution in [0.5, 0.6) is 0 Å². The predicted molar refractivity (Wildman–Crippen MR) is 80.1 cm³/mol. The summed E-state index contributed by atoms with van der Waals surface area (Å²) in [7, 11) is 0. The molecule has 2 heterocycles. The summed E-state index contributed by atoms with van der Waals surface area (Å²) in [5, 5.41) is 11.8. The number of nitrogens with one attached hydrogen (secondary N) is 1. The molecule has 6 heteroatoms. The second kappa shape index (κ2) is 5.65. The molecule has 21 heavy (non-hydrogen) atoms. The Bertz CT molecular complexity index is 685. The standard InChI is InChI=1S/C15H14N2O3S/c18-14(13-7-9-3-1-2-4-12(9)21-13)17-11-8-16-6-5-10(11)15(19)20/h5-8H,1-4H2,(H,17,18)(H,19,20). The molecule has 0 unspecified atom stereocenters. The van der Waals surface area contributed by atoms with Crippen molar-refractivity contribution in [3.63, 3.8) is 0 Å². The van der Waals surface area contributed by atoms with E-state index in [9.17, 15) is 9.59 Å². The van der Waals surface area contributed by atoms with Crippen LogP contribution in [0.4, 0.5) is 5.69 Å². The quantitative estimate of drug-likeness (QED) is 0.913. The van der Waals surface area contributed by atoms with Gasteiger partial charge in [0, 0.05) is 11.1 Å². The molecule has 1 aliphatic rings. The number of carboxylic acid groups (broad SMARTS) is 1. The van der Waals surface area contributed by atoms with Gasteiger partial charge in [-0.25, -0.2) is 4.79 Å². The monoisotopic (exact) mass is 302 g/mol. The molecule has 2 N–H and O–H groups in total. The van der Waals surface area contributed by atoms with Gasteiger partial charge in [-0.05, 0) is 43.4 Å². The highest BCUT2D eigenvalue weighted by Crippen LogP contribution is 2.30. The van der Waals surface area contributed by atoms with Gasteiger partial charge in [0.1, 0.15) is 0 Å². The Hall–Kier alpha value is -2.21. The van der Waals surface area contributed by atoms with Crippen molar-refractivity contribution in [2.24, 2.45) is 0 Å². The first-order valence-electron chi connectivity index (χ1n) is 6.75. The number of rotatable bonds is 3. The highest BCUT2D eigenvalue weighted by atomic mass is 32.1. The zero-order valence-corrected chi connectivity index (χ0v) is 12.1. The number of carboxylic acids is 1. The van der Waals surface area contributed by atoms with Gasteiger partial charge in [0.05, 0.1) is 22.3 Å². The summed E-state index contributed by atoms with van der Waals surface area (Å²) in [4.78, 5) is 29.2. The average molecular weight is 302 g/mol. The number of thiophene rings is 1. The zero-order chi connectivity index (χ0) is 14.8. The van der Waals surface area contributed by atoms with Gasteiger partial charge < -0.3 is 10.4 Å². The Balaban J connectivity index is 1.83. The Morgan fingerprint density at radius 1 is 1.29 bits per heavy atom. The van der Waals surface area contributed by atoms with E-state index >= 15 is 0 Å². The fourth-order valence-electron chi connectivity index (χ4n) is 2.47. The summed E-state index contributed by atoms with van der Waals surface area (Å²) in [6.45, 7) is 0. The SMILES string of the molecule is O=C(Nc1cnccc1C(=O)O)c1cc2c(s1)CCCC2. The van der Waals surface area contributed by atoms with E-state index in [0.717, 1.165) is 19.3 Å². The minimum atomic E-state index is -1.09. The van der Waals surface area contributed by atoms with E-state index in [1.54, 1.807) is 0 Å². The molecule has 108 valence electrons. The van der Waals surface area contributed by atoms with E-state index in [1.807, 2.05) is 6.07 Å². The highest BCUT2D eigenvalue weighted by molar-refractivity contribution is 7.14. The van der Waals surface area contributed by atoms with Crippen molar-refractivity contribution in [3.05, 3.63) is 45.4 Å². The molecule has 3 rings (SSSR count). The second-order valence-electron chi connectivity index (χ2n) is 4.95. The van der Waals surface area contributed by atoms with Crippen LogP contribution in [-0.4, -0.2) is 22.0 Å². The molecule has 5 nitrogen and oxygen atoms in total. The minimum Gasteiger partial charge on any atom is -0.478 e. The zero-order valence-electron chi connectivity index (χ0n) is 11.3. The third-order valence-electron chi connectivity index (χ3n) is 3.52. The van der Waals surface area contributed by atoms with Crippen molar-refractivity contribution in [3.8, 4) is 0 Å². The molecule has 1 aliphatic carbocycles. The third kappa shape index (κ3) is 2.80. The first kappa shape index (κ1) is 13.8. The van der Waals surface area contributed by atoms with Gasteiger partial charge in [0.25, 0.3) is 5.91 Å². The smallest absolute Gasteiger partial charge is 0.337 e. The van der Waals surface area contributed by atoms with E-state index in [0.29, 0.717) is 4.88 Å². The number of amides is 1. The number of aromatic nitrogens is 1. The molecule has 0 saturated carbocycles. The predicted octanol–water partition coefficient (Wildman–Crippen LogP) is 2.97. The molecular weight excluding hydrogens is 288 g/mol. The molecule has 0 fully saturated rings. The summed E-state index contributed by atoms with van der Waals surface area (Å²) in [6, 6.07) is 3.29. The number of fused-ring (bicyclic) bond motifs is 1. The molecule has 2 aromatic heterocycles. The van der Waals surface area contributed by atoms with Crippen molar-refractivity contribution in [1.29, 1.82) is 0 Å². The van der Waals surface area contributed by atoms with E-state index in [4.69, 9.17) is 5.11 Å². The summed E-state index contributed by atoms with van der Waals surface area (Å²) in [5.74, 6) is -1.36. The van der Waals surface area contributed by atoms with Crippen LogP contribution in [0.2, 0.25) is 0 Å². The Kier molecular flexibility index (Phi) is 3.70. The van der Waals surface area contributed by atoms with Crippen molar-refractivity contribution >= 4 is 28.9 Å². The molecule has 1 amide bonds. The van der Waals surface area contributed by atoms with Crippen molar-refractivity contribution < 1.29 is 14.7 Å². The van der Waals surface area contributed by atoms with Crippen LogP contribution in [0.1, 0.15) is 43.3 Å². The lowest BCUT2D eigenvalue weighted by Gasteiger charge is -2.08. The number of pyridine rings is 1. The van der Waals surface area contributed by atoms with Crippen LogP contribution in [0.15, 0.2) is 24.5 Å². The Morgan fingerprint density at radius 2 is 2.10 bits per heavy atom. The molecule has 0 bridgehead atoms. The summed E-state index contributed by atoms with van der Waals surface area (Å²) >= 11 is 1.50. The summed E-state index contributed by atoms with van der Waals surface area (Å²) < 4.78 is 0. The minimum absolute atomic E-state index is 0.0414. The van der Waals surface area contributed by atoms with Crippen LogP contribution in [0.25, 0.3) is 0 Å². The van der Waals surface area contributed by atoms with Crippen LogP contribution in [0.3, 0.4) is 0 Å². The average Bonchev–Trinajstić information content (AvgIpc) is 2.91. The van der Waals surface area contributed by atoms with E-state index in [2.05, 4.69) is 10.3 Å². The van der Waals surface area contributed by atoms with Gasteiger partial charge in [-0.3, -0.25) is 9.78 Å². The Labute approximate surface area is 125 Å². The van der Waals surface area contributed by atoms with Gasteiger partial charge in [0.15, 0.2) is 0 Å². The lowest BCUT2D eigenvalue weighted by molar-refractivity contribution is 0.0698. The van der Waals surface area contributed by atoms with Crippen molar-refractivity contribution in [2.45, 2.75) is 25.7 Å². The number of hydrogen-bond acceptors (Lipinski definition) is 4. The van der Waals surface area contributed by atoms with Crippen LogP contribution < -0.4 is 5.32 Å². The van der Waals surface area contributed by atoms with Gasteiger partial charge >= 0.3 is 5.97 Å². The number of carbonyl (C=O) groups is 2. The number of aryl methyl sites for hydroxylation is 2. The highest BCUT2D eigenvalue weighted by Gasteiger charge is 2.19. The van der Waals surface area contributed by atoms with Gasteiger partial charge in [-0.15, -0.1) is 11.3 Å². The van der Waals surface area contributed by atoms with Gasteiger partial charge in [-0.2, -0.15) is 0 Å². The van der Waals surface area contributed by atoms with Crippen LogP contribution in [-0.2, 0) is 12.8 Å². The molecule has 0 aliphatic heterocycles. The number of aromatic carboxylic acids is 1. The first-order valence-corrected chi connectivity index (χ1v) is 7.57. The third-order valence-corrected chi connectivity index (χ3v) is 4.76. The fourth-order valence-corrected chi connectivity index (χ4v) is 3.62. The number of nitrogens with zero attached hydrogens (tertiary/aromatic N) is 1. The normalized spacial score (nSPS) is 13.5. The van der Waals surface area contributed by atoms with E-state index in [1.165, 1.54) is 46.7 Å². The number of carbonyl (C=O) groups excluding carboxylic acids is 1. The molecule has 0 atom stereocenters. The first-order chi connectivity index (χ1) is 10.1. The lowest BCUT2D eigenvalue weighted by atomic mass is 9.99. The van der Waals surface area contributed by atoms with E-state index in [-0.39, 0.29) is 17.2 Å². The summed E-state index contributed by atoms with van der Waals surface area (Å²) in [6.07, 6.45) is 7.13. The van der Waals surface area contributed by atoms with Gasteiger partial charge in [0.2, 0.25) is 0 Å². The fraction of sp³-hybridized carbons (Fsp3) is 0.267. The lowest BCUT2D eigenvalue weighted by Crippen LogP contribution is -2.13. The summed E-state index contributed by atoms with van der Waals surface area (Å²) in [5.41, 5.74) is 1.52. The number of hydrogen-bond donors (Lipinski definition) is 2. The molecule has 0 aromatic carbocycles. The van der Waals surface area contributed by atoms with Crippen molar-refractivity contribution in [2.75, 3.05) is 5.32 Å². The number of anilines is 1. The molecule has 2 aromatic rings. The molecular formula is C15H14N2O3S. The second-order valence-corrected chi connectivity index (χ2v) is 6.08. The van der Waals surface area contributed by atoms with Gasteiger partial charge in [-0.1, -0.05) is 0 Å². The topological polar surface area (TPSA) is 79.3 Å². The molecule has 0 radical (unpaired) electrons. The molecule has 0 saturated heterocycles. The maximum atomic E-state index is 12.3. The van der Waals surface area contributed by atoms with E-state index < -0.39 is 5.97 Å². The molecule has 0 spiro atoms. The van der Waals surface area contributed by atoms with Crippen molar-refractivity contribution in [1.82, 2.24) is 4.98 Å². The Morgan fingerprint density at radius 3 is 2.86 bits per heavy atom. The maximum Gasteiger partial charge on any atom is 0.337 e. The van der Waals surface area contributed by atoms with Crippen LogP contribution in [0, 0.1) is 0 Å².